The van der Waals surface area contributed by atoms with Crippen molar-refractivity contribution in [1.29, 1.82) is 0 Å². The van der Waals surface area contributed by atoms with Crippen LogP contribution in [0.15, 0.2) is 40.9 Å². The van der Waals surface area contributed by atoms with Crippen LogP contribution in [0.5, 0.6) is 0 Å². The second kappa shape index (κ2) is 8.81. The van der Waals surface area contributed by atoms with Crippen molar-refractivity contribution < 1.29 is 9.63 Å². The van der Waals surface area contributed by atoms with Gasteiger partial charge in [0, 0.05) is 5.69 Å². The zero-order valence-electron chi connectivity index (χ0n) is 15.5. The van der Waals surface area contributed by atoms with Gasteiger partial charge in [0.25, 0.3) is 5.91 Å². The maximum Gasteiger partial charge on any atom is 0.265 e. The molecular formula is C20H26N2O2S. The Bertz CT molecular complexity index is 708. The van der Waals surface area contributed by atoms with E-state index in [9.17, 15) is 4.79 Å². The summed E-state index contributed by atoms with van der Waals surface area (Å²) in [5.74, 6) is 0.459. The number of nitrogens with zero attached hydrogens (tertiary/aromatic N) is 1. The topological polar surface area (TPSA) is 50.7 Å². The first-order valence-corrected chi connectivity index (χ1v) is 9.41. The number of carbonyl (C=O) groups excluding carboxylic acids is 1. The molecule has 0 bridgehead atoms. The van der Waals surface area contributed by atoms with Crippen molar-refractivity contribution in [1.82, 2.24) is 0 Å². The summed E-state index contributed by atoms with van der Waals surface area (Å²) in [7, 11) is 0. The smallest absolute Gasteiger partial charge is 0.265 e. The van der Waals surface area contributed by atoms with Gasteiger partial charge in [-0.05, 0) is 41.3 Å². The van der Waals surface area contributed by atoms with Crippen LogP contribution in [-0.2, 0) is 9.63 Å². The molecule has 0 radical (unpaired) electrons. The Balaban J connectivity index is 2.06. The highest BCUT2D eigenvalue weighted by atomic mass is 32.1. The second-order valence-corrected chi connectivity index (χ2v) is 7.54. The van der Waals surface area contributed by atoms with Gasteiger partial charge in [0.2, 0.25) is 0 Å². The number of hydrogen-bond donors (Lipinski definition) is 1. The fraction of sp³-hybridized carbons (Fsp3) is 0.400. The standard InChI is InChI=1S/C20H26N2O2S/c1-13(2)16-8-6-9-17(14(3)4)20(16)21-19(23)12-24-22-15(5)18-10-7-11-25-18/h6-11,13-14H,12H2,1-5H3,(H,21,23)/b22-15+. The Morgan fingerprint density at radius 1 is 1.12 bits per heavy atom. The van der Waals surface area contributed by atoms with Gasteiger partial charge in [-0.25, -0.2) is 0 Å². The van der Waals surface area contributed by atoms with E-state index in [2.05, 4.69) is 50.3 Å². The van der Waals surface area contributed by atoms with E-state index in [1.807, 2.05) is 30.5 Å². The average Bonchev–Trinajstić information content (AvgIpc) is 3.09. The first-order valence-electron chi connectivity index (χ1n) is 8.53. The Labute approximate surface area is 153 Å². The predicted octanol–water partition coefficient (Wildman–Crippen LogP) is 5.37. The third-order valence-electron chi connectivity index (χ3n) is 3.91. The zero-order valence-corrected chi connectivity index (χ0v) is 16.3. The molecule has 0 aliphatic rings. The van der Waals surface area contributed by atoms with Crippen LogP contribution in [0.4, 0.5) is 5.69 Å². The summed E-state index contributed by atoms with van der Waals surface area (Å²) in [4.78, 5) is 18.6. The lowest BCUT2D eigenvalue weighted by Crippen LogP contribution is -2.20. The average molecular weight is 359 g/mol. The SMILES string of the molecule is C/C(=N\OCC(=O)Nc1c(C(C)C)cccc1C(C)C)c1cccs1. The van der Waals surface area contributed by atoms with Gasteiger partial charge in [0.05, 0.1) is 10.6 Å². The molecule has 2 rings (SSSR count). The molecule has 0 aliphatic heterocycles. The fourth-order valence-corrected chi connectivity index (χ4v) is 3.26. The lowest BCUT2D eigenvalue weighted by Gasteiger charge is -2.20. The molecule has 0 atom stereocenters. The minimum absolute atomic E-state index is 0.104. The van der Waals surface area contributed by atoms with E-state index in [-0.39, 0.29) is 12.5 Å². The lowest BCUT2D eigenvalue weighted by atomic mass is 9.92. The van der Waals surface area contributed by atoms with Gasteiger partial charge in [-0.3, -0.25) is 4.79 Å². The van der Waals surface area contributed by atoms with Crippen LogP contribution in [0.2, 0.25) is 0 Å². The number of oxime groups is 1. The number of carbonyl (C=O) groups is 1. The number of anilines is 1. The molecule has 5 heteroatoms. The molecule has 0 unspecified atom stereocenters. The van der Waals surface area contributed by atoms with Gasteiger partial charge in [-0.15, -0.1) is 11.3 Å². The molecule has 134 valence electrons. The summed E-state index contributed by atoms with van der Waals surface area (Å²) in [6.45, 7) is 10.3. The Kier molecular flexibility index (Phi) is 6.76. The number of nitrogens with one attached hydrogen (secondary N) is 1. The highest BCUT2D eigenvalue weighted by Gasteiger charge is 2.16. The molecule has 1 aromatic carbocycles. The molecule has 1 N–H and O–H groups in total. The van der Waals surface area contributed by atoms with Crippen molar-refractivity contribution in [2.75, 3.05) is 11.9 Å². The van der Waals surface area contributed by atoms with Crippen LogP contribution >= 0.6 is 11.3 Å². The van der Waals surface area contributed by atoms with E-state index in [1.165, 1.54) is 0 Å². The van der Waals surface area contributed by atoms with E-state index in [4.69, 9.17) is 4.84 Å². The first-order chi connectivity index (χ1) is 11.9. The molecule has 0 saturated carbocycles. The molecule has 25 heavy (non-hydrogen) atoms. The van der Waals surface area contributed by atoms with Crippen molar-refractivity contribution in [3.63, 3.8) is 0 Å². The summed E-state index contributed by atoms with van der Waals surface area (Å²) in [6, 6.07) is 10.1. The Morgan fingerprint density at radius 2 is 1.76 bits per heavy atom. The molecule has 2 aromatic rings. The normalized spacial score (nSPS) is 11.9. The third kappa shape index (κ3) is 5.16. The summed E-state index contributed by atoms with van der Waals surface area (Å²) in [5.41, 5.74) is 3.95. The predicted molar refractivity (Wildman–Crippen MR) is 106 cm³/mol. The number of para-hydroxylation sites is 1. The maximum absolute atomic E-state index is 12.3. The lowest BCUT2D eigenvalue weighted by molar-refractivity contribution is -0.120. The Morgan fingerprint density at radius 3 is 2.28 bits per heavy atom. The minimum Gasteiger partial charge on any atom is -0.385 e. The molecule has 0 spiro atoms. The summed E-state index contributed by atoms with van der Waals surface area (Å²) >= 11 is 1.59. The number of rotatable bonds is 7. The summed E-state index contributed by atoms with van der Waals surface area (Å²) in [5, 5.41) is 9.03. The number of hydrogen-bond acceptors (Lipinski definition) is 4. The molecule has 0 aliphatic carbocycles. The van der Waals surface area contributed by atoms with E-state index in [0.717, 1.165) is 27.4 Å². The number of thiophene rings is 1. The highest BCUT2D eigenvalue weighted by Crippen LogP contribution is 2.32. The molecule has 1 heterocycles. The van der Waals surface area contributed by atoms with Crippen molar-refractivity contribution in [2.24, 2.45) is 5.16 Å². The van der Waals surface area contributed by atoms with Gasteiger partial charge in [0.1, 0.15) is 0 Å². The molecule has 0 saturated heterocycles. The van der Waals surface area contributed by atoms with E-state index < -0.39 is 0 Å². The monoisotopic (exact) mass is 358 g/mol. The van der Waals surface area contributed by atoms with Crippen molar-refractivity contribution in [3.8, 4) is 0 Å². The molecule has 1 amide bonds. The molecule has 1 aromatic heterocycles. The van der Waals surface area contributed by atoms with Crippen LogP contribution in [0.25, 0.3) is 0 Å². The van der Waals surface area contributed by atoms with Crippen molar-refractivity contribution in [3.05, 3.63) is 51.7 Å². The van der Waals surface area contributed by atoms with Crippen LogP contribution < -0.4 is 5.32 Å². The fourth-order valence-electron chi connectivity index (χ4n) is 2.59. The van der Waals surface area contributed by atoms with Crippen LogP contribution in [0.1, 0.15) is 62.5 Å². The first kappa shape index (κ1) is 19.2. The van der Waals surface area contributed by atoms with Gasteiger partial charge < -0.3 is 10.2 Å². The van der Waals surface area contributed by atoms with Crippen LogP contribution in [0, 0.1) is 0 Å². The van der Waals surface area contributed by atoms with E-state index >= 15 is 0 Å². The van der Waals surface area contributed by atoms with Crippen molar-refractivity contribution >= 4 is 28.6 Å². The van der Waals surface area contributed by atoms with Gasteiger partial charge in [0.15, 0.2) is 6.61 Å². The quantitative estimate of drug-likeness (QED) is 0.534. The van der Waals surface area contributed by atoms with Gasteiger partial charge in [-0.1, -0.05) is 57.1 Å². The van der Waals surface area contributed by atoms with Crippen LogP contribution in [0.3, 0.4) is 0 Å². The van der Waals surface area contributed by atoms with Crippen LogP contribution in [-0.4, -0.2) is 18.2 Å². The van der Waals surface area contributed by atoms with Gasteiger partial charge >= 0.3 is 0 Å². The van der Waals surface area contributed by atoms with E-state index in [0.29, 0.717) is 11.8 Å². The third-order valence-corrected chi connectivity index (χ3v) is 4.89. The summed E-state index contributed by atoms with van der Waals surface area (Å²) in [6.07, 6.45) is 0. The Hall–Kier alpha value is -2.14. The van der Waals surface area contributed by atoms with Gasteiger partial charge in [-0.2, -0.15) is 0 Å². The summed E-state index contributed by atoms with van der Waals surface area (Å²) < 4.78 is 0. The van der Waals surface area contributed by atoms with E-state index in [1.54, 1.807) is 11.3 Å². The molecular weight excluding hydrogens is 332 g/mol. The second-order valence-electron chi connectivity index (χ2n) is 6.60. The number of amides is 1. The maximum atomic E-state index is 12.3. The number of benzene rings is 1. The zero-order chi connectivity index (χ0) is 18.4. The molecule has 4 nitrogen and oxygen atoms in total. The minimum atomic E-state index is -0.197. The highest BCUT2D eigenvalue weighted by molar-refractivity contribution is 7.12. The van der Waals surface area contributed by atoms with Crippen molar-refractivity contribution in [2.45, 2.75) is 46.5 Å². The largest absolute Gasteiger partial charge is 0.385 e. The molecule has 0 fully saturated rings.